The van der Waals surface area contributed by atoms with Gasteiger partial charge in [0.25, 0.3) is 0 Å². The number of carbonyl (C=O) groups is 1. The first-order valence-corrected chi connectivity index (χ1v) is 5.81. The highest BCUT2D eigenvalue weighted by atomic mass is 19.1. The molecule has 0 aliphatic rings. The Morgan fingerprint density at radius 2 is 1.95 bits per heavy atom. The Balaban J connectivity index is 2.02. The van der Waals surface area contributed by atoms with Crippen molar-refractivity contribution in [2.24, 2.45) is 0 Å². The molecule has 4 nitrogen and oxygen atoms in total. The first kappa shape index (κ1) is 13.6. The van der Waals surface area contributed by atoms with Crippen molar-refractivity contribution < 1.29 is 13.9 Å². The second-order valence-corrected chi connectivity index (χ2v) is 4.16. The number of nitrogens with two attached hydrogens (primary N) is 1. The van der Waals surface area contributed by atoms with Crippen LogP contribution in [0.25, 0.3) is 0 Å². The standard InChI is InChI=1S/C15H11FN2O2/c16-13-5-12(6-14(18)7-13)15(19)20-9-11-3-1-10(8-17)2-4-11/h1-7H,9,18H2. The number of anilines is 1. The van der Waals surface area contributed by atoms with Crippen molar-refractivity contribution in [3.63, 3.8) is 0 Å². The maximum atomic E-state index is 13.1. The number of rotatable bonds is 3. The highest BCUT2D eigenvalue weighted by Gasteiger charge is 2.09. The normalized spacial score (nSPS) is 9.80. The molecule has 0 aliphatic carbocycles. The van der Waals surface area contributed by atoms with E-state index < -0.39 is 11.8 Å². The van der Waals surface area contributed by atoms with Crippen LogP contribution in [0.1, 0.15) is 21.5 Å². The van der Waals surface area contributed by atoms with Crippen molar-refractivity contribution in [2.45, 2.75) is 6.61 Å². The van der Waals surface area contributed by atoms with E-state index in [4.69, 9.17) is 15.7 Å². The van der Waals surface area contributed by atoms with Gasteiger partial charge in [0.1, 0.15) is 12.4 Å². The Labute approximate surface area is 115 Å². The predicted octanol–water partition coefficient (Wildman–Crippen LogP) is 2.64. The van der Waals surface area contributed by atoms with E-state index in [1.165, 1.54) is 6.07 Å². The van der Waals surface area contributed by atoms with Crippen molar-refractivity contribution in [3.05, 3.63) is 65.0 Å². The monoisotopic (exact) mass is 270 g/mol. The van der Waals surface area contributed by atoms with Crippen LogP contribution in [0.15, 0.2) is 42.5 Å². The Morgan fingerprint density at radius 3 is 2.55 bits per heavy atom. The van der Waals surface area contributed by atoms with Crippen LogP contribution in [-0.2, 0) is 11.3 Å². The van der Waals surface area contributed by atoms with Crippen LogP contribution in [0.2, 0.25) is 0 Å². The second-order valence-electron chi connectivity index (χ2n) is 4.16. The summed E-state index contributed by atoms with van der Waals surface area (Å²) in [6.45, 7) is 0.0426. The van der Waals surface area contributed by atoms with Crippen LogP contribution in [0, 0.1) is 17.1 Å². The van der Waals surface area contributed by atoms with E-state index in [1.807, 2.05) is 6.07 Å². The molecule has 0 spiro atoms. The van der Waals surface area contributed by atoms with Gasteiger partial charge in [0.05, 0.1) is 17.2 Å². The van der Waals surface area contributed by atoms with Crippen molar-refractivity contribution in [1.29, 1.82) is 5.26 Å². The van der Waals surface area contributed by atoms with E-state index in [-0.39, 0.29) is 17.9 Å². The van der Waals surface area contributed by atoms with Gasteiger partial charge in [-0.2, -0.15) is 5.26 Å². The topological polar surface area (TPSA) is 76.1 Å². The first-order chi connectivity index (χ1) is 9.58. The summed E-state index contributed by atoms with van der Waals surface area (Å²) in [4.78, 5) is 11.7. The number of nitrogens with zero attached hydrogens (tertiary/aromatic N) is 1. The van der Waals surface area contributed by atoms with Crippen LogP contribution in [0.3, 0.4) is 0 Å². The summed E-state index contributed by atoms with van der Waals surface area (Å²) in [6, 6.07) is 12.2. The highest BCUT2D eigenvalue weighted by molar-refractivity contribution is 5.90. The number of halogens is 1. The molecule has 2 aromatic rings. The third kappa shape index (κ3) is 3.33. The summed E-state index contributed by atoms with van der Waals surface area (Å²) in [7, 11) is 0. The minimum absolute atomic E-state index is 0.0426. The van der Waals surface area contributed by atoms with Crippen LogP contribution in [-0.4, -0.2) is 5.97 Å². The lowest BCUT2D eigenvalue weighted by atomic mass is 10.1. The molecule has 0 unspecified atom stereocenters. The fourth-order valence-corrected chi connectivity index (χ4v) is 1.64. The highest BCUT2D eigenvalue weighted by Crippen LogP contribution is 2.13. The van der Waals surface area contributed by atoms with E-state index >= 15 is 0 Å². The smallest absolute Gasteiger partial charge is 0.338 e. The molecule has 100 valence electrons. The molecule has 0 radical (unpaired) electrons. The third-order valence-electron chi connectivity index (χ3n) is 2.61. The van der Waals surface area contributed by atoms with E-state index in [9.17, 15) is 9.18 Å². The van der Waals surface area contributed by atoms with E-state index in [0.29, 0.717) is 5.56 Å². The number of nitrogen functional groups attached to an aromatic ring is 1. The number of hydrogen-bond acceptors (Lipinski definition) is 4. The second kappa shape index (κ2) is 5.85. The van der Waals surface area contributed by atoms with Crippen LogP contribution >= 0.6 is 0 Å². The number of ether oxygens (including phenoxy) is 1. The predicted molar refractivity (Wildman–Crippen MR) is 71.1 cm³/mol. The van der Waals surface area contributed by atoms with Crippen molar-refractivity contribution >= 4 is 11.7 Å². The molecule has 2 N–H and O–H groups in total. The molecule has 0 amide bonds. The number of carbonyl (C=O) groups excluding carboxylic acids is 1. The molecule has 2 aromatic carbocycles. The lowest BCUT2D eigenvalue weighted by Crippen LogP contribution is -2.06. The first-order valence-electron chi connectivity index (χ1n) is 5.81. The average Bonchev–Trinajstić information content (AvgIpc) is 2.44. The zero-order valence-electron chi connectivity index (χ0n) is 10.5. The summed E-state index contributed by atoms with van der Waals surface area (Å²) in [5, 5.41) is 8.66. The molecule has 5 heteroatoms. The van der Waals surface area contributed by atoms with E-state index in [0.717, 1.165) is 17.7 Å². The number of benzene rings is 2. The summed E-state index contributed by atoms with van der Waals surface area (Å²) in [5.41, 5.74) is 6.95. The Morgan fingerprint density at radius 1 is 1.25 bits per heavy atom. The summed E-state index contributed by atoms with van der Waals surface area (Å²) < 4.78 is 18.2. The van der Waals surface area contributed by atoms with Gasteiger partial charge in [-0.15, -0.1) is 0 Å². The zero-order valence-corrected chi connectivity index (χ0v) is 10.5. The van der Waals surface area contributed by atoms with Gasteiger partial charge >= 0.3 is 5.97 Å². The van der Waals surface area contributed by atoms with E-state index in [1.54, 1.807) is 24.3 Å². The number of nitriles is 1. The van der Waals surface area contributed by atoms with Crippen molar-refractivity contribution in [2.75, 3.05) is 5.73 Å². The van der Waals surface area contributed by atoms with Gasteiger partial charge in [0.15, 0.2) is 0 Å². The lowest BCUT2D eigenvalue weighted by Gasteiger charge is -2.06. The van der Waals surface area contributed by atoms with Gasteiger partial charge in [0, 0.05) is 5.69 Å². The third-order valence-corrected chi connectivity index (χ3v) is 2.61. The molecule has 0 aliphatic heterocycles. The maximum Gasteiger partial charge on any atom is 0.338 e. The van der Waals surface area contributed by atoms with Crippen LogP contribution < -0.4 is 5.73 Å². The Bertz CT molecular complexity index is 655. The van der Waals surface area contributed by atoms with Crippen LogP contribution in [0.5, 0.6) is 0 Å². The molecule has 2 rings (SSSR count). The number of hydrogen-bond donors (Lipinski definition) is 1. The molecular formula is C15H11FN2O2. The quantitative estimate of drug-likeness (QED) is 0.687. The van der Waals surface area contributed by atoms with Crippen molar-refractivity contribution in [1.82, 2.24) is 0 Å². The molecule has 20 heavy (non-hydrogen) atoms. The maximum absolute atomic E-state index is 13.1. The lowest BCUT2D eigenvalue weighted by molar-refractivity contribution is 0.0472. The molecule has 0 saturated carbocycles. The minimum Gasteiger partial charge on any atom is -0.457 e. The largest absolute Gasteiger partial charge is 0.457 e. The molecule has 0 fully saturated rings. The summed E-state index contributed by atoms with van der Waals surface area (Å²) in [6.07, 6.45) is 0. The fraction of sp³-hybridized carbons (Fsp3) is 0.0667. The molecule has 0 saturated heterocycles. The zero-order chi connectivity index (χ0) is 14.5. The summed E-state index contributed by atoms with van der Waals surface area (Å²) >= 11 is 0. The van der Waals surface area contributed by atoms with Crippen molar-refractivity contribution in [3.8, 4) is 6.07 Å². The SMILES string of the molecule is N#Cc1ccc(COC(=O)c2cc(N)cc(F)c2)cc1. The molecular weight excluding hydrogens is 259 g/mol. The van der Waals surface area contributed by atoms with Gasteiger partial charge < -0.3 is 10.5 Å². The van der Waals surface area contributed by atoms with Crippen LogP contribution in [0.4, 0.5) is 10.1 Å². The molecule has 0 aromatic heterocycles. The Kier molecular flexibility index (Phi) is 3.96. The minimum atomic E-state index is -0.652. The number of esters is 1. The van der Waals surface area contributed by atoms with E-state index in [2.05, 4.69) is 0 Å². The fourth-order valence-electron chi connectivity index (χ4n) is 1.64. The molecule has 0 atom stereocenters. The Hall–Kier alpha value is -2.87. The molecule has 0 heterocycles. The average molecular weight is 270 g/mol. The van der Waals surface area contributed by atoms with Gasteiger partial charge in [-0.3, -0.25) is 0 Å². The molecule has 0 bridgehead atoms. The van der Waals surface area contributed by atoms with Gasteiger partial charge in [0.2, 0.25) is 0 Å². The van der Waals surface area contributed by atoms with Gasteiger partial charge in [-0.25, -0.2) is 9.18 Å². The van der Waals surface area contributed by atoms with Gasteiger partial charge in [-0.1, -0.05) is 12.1 Å². The summed E-state index contributed by atoms with van der Waals surface area (Å²) in [5.74, 6) is -1.24. The van der Waals surface area contributed by atoms with Gasteiger partial charge in [-0.05, 0) is 35.9 Å².